The Morgan fingerprint density at radius 2 is 1.94 bits per heavy atom. The molecular formula is C13H20N2O. The molecule has 88 valence electrons. The van der Waals surface area contributed by atoms with E-state index in [1.165, 1.54) is 0 Å². The molecule has 1 rings (SSSR count). The minimum absolute atomic E-state index is 0.0691. The van der Waals surface area contributed by atoms with E-state index in [1.807, 2.05) is 52.0 Å². The van der Waals surface area contributed by atoms with Crippen LogP contribution in [-0.4, -0.2) is 17.5 Å². The zero-order valence-corrected chi connectivity index (χ0v) is 10.4. The van der Waals surface area contributed by atoms with Gasteiger partial charge in [0.25, 0.3) is 5.91 Å². The van der Waals surface area contributed by atoms with Gasteiger partial charge in [0.1, 0.15) is 0 Å². The number of amides is 1. The molecule has 0 radical (unpaired) electrons. The van der Waals surface area contributed by atoms with Crippen LogP contribution in [0.15, 0.2) is 24.3 Å². The molecule has 0 aliphatic heterocycles. The van der Waals surface area contributed by atoms with Gasteiger partial charge < -0.3 is 11.1 Å². The van der Waals surface area contributed by atoms with Crippen molar-refractivity contribution in [3.8, 4) is 0 Å². The summed E-state index contributed by atoms with van der Waals surface area (Å²) in [4.78, 5) is 12.0. The maximum Gasteiger partial charge on any atom is 0.252 e. The van der Waals surface area contributed by atoms with Crippen LogP contribution in [0.4, 0.5) is 0 Å². The monoisotopic (exact) mass is 220 g/mol. The Morgan fingerprint density at radius 3 is 2.44 bits per heavy atom. The fourth-order valence-electron chi connectivity index (χ4n) is 1.30. The maximum atomic E-state index is 12.0. The number of rotatable bonds is 3. The van der Waals surface area contributed by atoms with Gasteiger partial charge in [0, 0.05) is 17.1 Å². The summed E-state index contributed by atoms with van der Waals surface area (Å²) in [6.45, 7) is 7.66. The van der Waals surface area contributed by atoms with Crippen LogP contribution in [0.5, 0.6) is 0 Å². The Balaban J connectivity index is 2.85. The molecule has 0 bridgehead atoms. The van der Waals surface area contributed by atoms with Crippen molar-refractivity contribution >= 4 is 5.91 Å². The molecule has 16 heavy (non-hydrogen) atoms. The number of hydrogen-bond donors (Lipinski definition) is 2. The molecule has 0 aliphatic carbocycles. The molecule has 0 fully saturated rings. The van der Waals surface area contributed by atoms with Crippen LogP contribution >= 0.6 is 0 Å². The fraction of sp³-hybridized carbons (Fsp3) is 0.462. The van der Waals surface area contributed by atoms with Crippen molar-refractivity contribution in [2.75, 3.05) is 0 Å². The Labute approximate surface area is 97.0 Å². The molecule has 1 amide bonds. The van der Waals surface area contributed by atoms with Crippen molar-refractivity contribution in [2.24, 2.45) is 5.73 Å². The van der Waals surface area contributed by atoms with Crippen molar-refractivity contribution in [1.82, 2.24) is 5.32 Å². The predicted octanol–water partition coefficient (Wildman–Crippen LogP) is 1.85. The highest BCUT2D eigenvalue weighted by atomic mass is 16.1. The highest BCUT2D eigenvalue weighted by Gasteiger charge is 2.25. The standard InChI is InChI=1S/C13H20N2O/c1-9-7-5-6-8-11(9)12(16)15-13(3,4)10(2)14/h5-8,10H,14H2,1-4H3,(H,15,16). The summed E-state index contributed by atoms with van der Waals surface area (Å²) >= 11 is 0. The molecule has 3 heteroatoms. The van der Waals surface area contributed by atoms with Gasteiger partial charge in [-0.15, -0.1) is 0 Å². The topological polar surface area (TPSA) is 55.1 Å². The average Bonchev–Trinajstić information content (AvgIpc) is 2.17. The summed E-state index contributed by atoms with van der Waals surface area (Å²) in [6.07, 6.45) is 0. The minimum Gasteiger partial charge on any atom is -0.346 e. The van der Waals surface area contributed by atoms with Gasteiger partial charge in [-0.25, -0.2) is 0 Å². The van der Waals surface area contributed by atoms with E-state index < -0.39 is 5.54 Å². The van der Waals surface area contributed by atoms with E-state index >= 15 is 0 Å². The largest absolute Gasteiger partial charge is 0.346 e. The normalized spacial score (nSPS) is 13.3. The van der Waals surface area contributed by atoms with Gasteiger partial charge in [-0.2, -0.15) is 0 Å². The first-order chi connectivity index (χ1) is 7.34. The van der Waals surface area contributed by atoms with Crippen LogP contribution in [0.3, 0.4) is 0 Å². The van der Waals surface area contributed by atoms with Crippen LogP contribution in [-0.2, 0) is 0 Å². The van der Waals surface area contributed by atoms with E-state index in [-0.39, 0.29) is 11.9 Å². The van der Waals surface area contributed by atoms with Crippen LogP contribution < -0.4 is 11.1 Å². The van der Waals surface area contributed by atoms with E-state index in [9.17, 15) is 4.79 Å². The zero-order valence-electron chi connectivity index (χ0n) is 10.4. The summed E-state index contributed by atoms with van der Waals surface area (Å²) in [6, 6.07) is 7.43. The van der Waals surface area contributed by atoms with E-state index in [0.717, 1.165) is 5.56 Å². The number of nitrogens with one attached hydrogen (secondary N) is 1. The van der Waals surface area contributed by atoms with Crippen molar-refractivity contribution in [2.45, 2.75) is 39.3 Å². The maximum absolute atomic E-state index is 12.0. The first-order valence-electron chi connectivity index (χ1n) is 5.48. The van der Waals surface area contributed by atoms with Crippen molar-refractivity contribution in [3.63, 3.8) is 0 Å². The third kappa shape index (κ3) is 2.83. The quantitative estimate of drug-likeness (QED) is 0.816. The molecule has 0 spiro atoms. The molecule has 0 saturated heterocycles. The highest BCUT2D eigenvalue weighted by Crippen LogP contribution is 2.11. The van der Waals surface area contributed by atoms with E-state index in [2.05, 4.69) is 5.32 Å². The van der Waals surface area contributed by atoms with Gasteiger partial charge in [-0.05, 0) is 39.3 Å². The van der Waals surface area contributed by atoms with E-state index in [4.69, 9.17) is 5.73 Å². The molecule has 0 saturated carbocycles. The lowest BCUT2D eigenvalue weighted by Crippen LogP contribution is -2.54. The summed E-state index contributed by atoms with van der Waals surface area (Å²) in [5, 5.41) is 2.95. The van der Waals surface area contributed by atoms with Gasteiger partial charge in [-0.3, -0.25) is 4.79 Å². The lowest BCUT2D eigenvalue weighted by molar-refractivity contribution is 0.0903. The second-order valence-corrected chi connectivity index (χ2v) is 4.78. The predicted molar refractivity (Wildman–Crippen MR) is 66.4 cm³/mol. The van der Waals surface area contributed by atoms with Gasteiger partial charge in [0.2, 0.25) is 0 Å². The SMILES string of the molecule is Cc1ccccc1C(=O)NC(C)(C)C(C)N. The minimum atomic E-state index is -0.403. The Hall–Kier alpha value is -1.35. The average molecular weight is 220 g/mol. The second kappa shape index (κ2) is 4.66. The Morgan fingerprint density at radius 1 is 1.38 bits per heavy atom. The highest BCUT2D eigenvalue weighted by molar-refractivity contribution is 5.96. The van der Waals surface area contributed by atoms with Crippen molar-refractivity contribution in [3.05, 3.63) is 35.4 Å². The lowest BCUT2D eigenvalue weighted by Gasteiger charge is -2.30. The number of aryl methyl sites for hydroxylation is 1. The van der Waals surface area contributed by atoms with Gasteiger partial charge in [0.15, 0.2) is 0 Å². The first-order valence-corrected chi connectivity index (χ1v) is 5.48. The van der Waals surface area contributed by atoms with E-state index in [1.54, 1.807) is 0 Å². The molecule has 1 aromatic rings. The summed E-state index contributed by atoms with van der Waals surface area (Å²) in [5.74, 6) is -0.0691. The molecule has 0 heterocycles. The number of benzene rings is 1. The molecule has 3 N–H and O–H groups in total. The number of hydrogen-bond acceptors (Lipinski definition) is 2. The molecular weight excluding hydrogens is 200 g/mol. The zero-order chi connectivity index (χ0) is 12.3. The first kappa shape index (κ1) is 12.7. The molecule has 3 nitrogen and oxygen atoms in total. The van der Waals surface area contributed by atoms with Crippen LogP contribution in [0.25, 0.3) is 0 Å². The Bertz CT molecular complexity index is 383. The third-order valence-electron chi connectivity index (χ3n) is 2.96. The van der Waals surface area contributed by atoms with Crippen LogP contribution in [0.1, 0.15) is 36.7 Å². The summed E-state index contributed by atoms with van der Waals surface area (Å²) < 4.78 is 0. The van der Waals surface area contributed by atoms with Crippen LogP contribution in [0, 0.1) is 6.92 Å². The van der Waals surface area contributed by atoms with Crippen molar-refractivity contribution in [1.29, 1.82) is 0 Å². The lowest BCUT2D eigenvalue weighted by atomic mass is 9.96. The number of carbonyl (C=O) groups is 1. The molecule has 1 unspecified atom stereocenters. The van der Waals surface area contributed by atoms with Gasteiger partial charge in [-0.1, -0.05) is 18.2 Å². The van der Waals surface area contributed by atoms with Crippen LogP contribution in [0.2, 0.25) is 0 Å². The van der Waals surface area contributed by atoms with Crippen molar-refractivity contribution < 1.29 is 4.79 Å². The molecule has 1 aromatic carbocycles. The summed E-state index contributed by atoms with van der Waals surface area (Å²) in [5.41, 5.74) is 7.09. The molecule has 0 aromatic heterocycles. The fourth-order valence-corrected chi connectivity index (χ4v) is 1.30. The van der Waals surface area contributed by atoms with Gasteiger partial charge in [0.05, 0.1) is 0 Å². The third-order valence-corrected chi connectivity index (χ3v) is 2.96. The number of nitrogens with two attached hydrogens (primary N) is 1. The Kier molecular flexibility index (Phi) is 3.70. The molecule has 1 atom stereocenters. The van der Waals surface area contributed by atoms with E-state index in [0.29, 0.717) is 5.56 Å². The van der Waals surface area contributed by atoms with Gasteiger partial charge >= 0.3 is 0 Å². The smallest absolute Gasteiger partial charge is 0.252 e. The molecule has 0 aliphatic rings. The second-order valence-electron chi connectivity index (χ2n) is 4.78. The number of carbonyl (C=O) groups excluding carboxylic acids is 1. The summed E-state index contributed by atoms with van der Waals surface area (Å²) in [7, 11) is 0.